The average Bonchev–Trinajstić information content (AvgIpc) is 3.33. The van der Waals surface area contributed by atoms with Gasteiger partial charge in [-0.15, -0.1) is 0 Å². The summed E-state index contributed by atoms with van der Waals surface area (Å²) in [6.07, 6.45) is 0.496. The number of aromatic nitrogens is 4. The van der Waals surface area contributed by atoms with E-state index in [1.807, 2.05) is 6.92 Å². The molecule has 0 aliphatic carbocycles. The zero-order chi connectivity index (χ0) is 28.5. The first-order chi connectivity index (χ1) is 19.3. The standard InChI is InChI=1S/C25H27FN5O8P/c1-16-3-6-18(7-4-16)39-25(33)36-14-38-40(37-12-17-5-8-20(34-2)19(26)11-17)15-35-10-9-31-13-28-21-22(31)29-24(27)30-23(21)32/h3-8,11,13H,9-10,12,14-15H2,1-2H3,(H3,27,29,30,32). The number of halogens is 1. The maximum Gasteiger partial charge on any atom is 0.515 e. The van der Waals surface area contributed by atoms with Gasteiger partial charge in [-0.25, -0.2) is 14.2 Å². The number of H-pyrrole nitrogens is 1. The Morgan fingerprint density at radius 1 is 1.18 bits per heavy atom. The van der Waals surface area contributed by atoms with Crippen LogP contribution in [-0.4, -0.2) is 52.5 Å². The maximum atomic E-state index is 14.1. The number of rotatable bonds is 13. The zero-order valence-corrected chi connectivity index (χ0v) is 22.6. The van der Waals surface area contributed by atoms with Crippen LogP contribution in [0.5, 0.6) is 11.5 Å². The monoisotopic (exact) mass is 575 g/mol. The second kappa shape index (κ2) is 13.8. The molecule has 2 heterocycles. The molecule has 0 aliphatic heterocycles. The van der Waals surface area contributed by atoms with Crippen LogP contribution in [0.1, 0.15) is 11.1 Å². The molecule has 0 bridgehead atoms. The Balaban J connectivity index is 1.31. The maximum absolute atomic E-state index is 14.1. The molecule has 3 N–H and O–H groups in total. The van der Waals surface area contributed by atoms with Crippen molar-refractivity contribution in [2.75, 3.05) is 32.6 Å². The van der Waals surface area contributed by atoms with Crippen LogP contribution in [0.4, 0.5) is 15.1 Å². The summed E-state index contributed by atoms with van der Waals surface area (Å²) >= 11 is 0. The number of carbonyl (C=O) groups is 1. The van der Waals surface area contributed by atoms with Gasteiger partial charge in [-0.05, 0) is 36.8 Å². The smallest absolute Gasteiger partial charge is 0.494 e. The van der Waals surface area contributed by atoms with E-state index in [1.165, 1.54) is 25.6 Å². The summed E-state index contributed by atoms with van der Waals surface area (Å²) in [5, 5.41) is 0. The lowest BCUT2D eigenvalue weighted by atomic mass is 10.2. The van der Waals surface area contributed by atoms with Crippen LogP contribution in [0.3, 0.4) is 0 Å². The van der Waals surface area contributed by atoms with Crippen molar-refractivity contribution in [1.29, 1.82) is 0 Å². The number of hydrogen-bond acceptors (Lipinski definition) is 11. The Morgan fingerprint density at radius 2 is 1.98 bits per heavy atom. The average molecular weight is 575 g/mol. The van der Waals surface area contributed by atoms with E-state index >= 15 is 0 Å². The predicted molar refractivity (Wildman–Crippen MR) is 142 cm³/mol. The lowest BCUT2D eigenvalue weighted by molar-refractivity contribution is 0.0244. The first-order valence-electron chi connectivity index (χ1n) is 11.9. The molecule has 2 aromatic carbocycles. The molecule has 0 saturated carbocycles. The Kier molecular flexibility index (Phi) is 9.97. The van der Waals surface area contributed by atoms with Crippen molar-refractivity contribution in [3.8, 4) is 11.5 Å². The van der Waals surface area contributed by atoms with Gasteiger partial charge in [-0.3, -0.25) is 14.3 Å². The van der Waals surface area contributed by atoms with E-state index in [9.17, 15) is 14.0 Å². The molecular formula is C25H27FN5O8P. The van der Waals surface area contributed by atoms with Gasteiger partial charge >= 0.3 is 6.16 Å². The molecule has 0 radical (unpaired) electrons. The van der Waals surface area contributed by atoms with Gasteiger partial charge in [-0.2, -0.15) is 4.98 Å². The number of hydrogen-bond donors (Lipinski definition) is 2. The normalized spacial score (nSPS) is 11.9. The number of anilines is 1. The van der Waals surface area contributed by atoms with E-state index in [2.05, 4.69) is 15.0 Å². The lowest BCUT2D eigenvalue weighted by Crippen LogP contribution is -2.14. The molecule has 4 rings (SSSR count). The number of nitrogens with two attached hydrogens (primary N) is 1. The summed E-state index contributed by atoms with van der Waals surface area (Å²) < 4.78 is 47.8. The van der Waals surface area contributed by atoms with Crippen molar-refractivity contribution in [1.82, 2.24) is 19.5 Å². The minimum Gasteiger partial charge on any atom is -0.494 e. The summed E-state index contributed by atoms with van der Waals surface area (Å²) in [4.78, 5) is 34.5. The Labute approximate surface area is 228 Å². The SMILES string of the molecule is COc1ccc(COP(COCCn2cnc3c(=O)[nH]c(N)nc32)OCOC(=O)Oc2ccc(C)cc2)cc1F. The summed E-state index contributed by atoms with van der Waals surface area (Å²) in [6, 6.07) is 11.3. The topological polar surface area (TPSA) is 162 Å². The number of fused-ring (bicyclic) bond motifs is 1. The van der Waals surface area contributed by atoms with E-state index < -0.39 is 32.7 Å². The molecule has 13 nitrogen and oxygen atoms in total. The van der Waals surface area contributed by atoms with E-state index in [-0.39, 0.29) is 36.8 Å². The van der Waals surface area contributed by atoms with Crippen LogP contribution >= 0.6 is 8.38 Å². The minimum absolute atomic E-state index is 0.00191. The fraction of sp³-hybridized carbons (Fsp3) is 0.280. The van der Waals surface area contributed by atoms with Crippen LogP contribution in [0.25, 0.3) is 11.2 Å². The lowest BCUT2D eigenvalue weighted by Gasteiger charge is -2.18. The second-order valence-corrected chi connectivity index (χ2v) is 9.67. The minimum atomic E-state index is -1.74. The van der Waals surface area contributed by atoms with Crippen molar-refractivity contribution in [2.24, 2.45) is 0 Å². The number of methoxy groups -OCH3 is 1. The van der Waals surface area contributed by atoms with E-state index in [4.69, 9.17) is 33.7 Å². The Bertz CT molecular complexity index is 1500. The number of aromatic amines is 1. The van der Waals surface area contributed by atoms with Gasteiger partial charge in [-0.1, -0.05) is 23.8 Å². The first kappa shape index (κ1) is 28.9. The molecule has 0 amide bonds. The molecule has 0 aliphatic rings. The zero-order valence-electron chi connectivity index (χ0n) is 21.7. The highest BCUT2D eigenvalue weighted by atomic mass is 31.2. The summed E-state index contributed by atoms with van der Waals surface area (Å²) in [5.74, 6) is -0.130. The number of benzene rings is 2. The van der Waals surface area contributed by atoms with Crippen LogP contribution in [0, 0.1) is 12.7 Å². The highest BCUT2D eigenvalue weighted by Crippen LogP contribution is 2.39. The van der Waals surface area contributed by atoms with Gasteiger partial charge in [0, 0.05) is 6.54 Å². The van der Waals surface area contributed by atoms with Gasteiger partial charge in [0.05, 0.1) is 26.7 Å². The number of nitrogen functional groups attached to an aromatic ring is 1. The molecule has 0 spiro atoms. The van der Waals surface area contributed by atoms with Gasteiger partial charge in [0.15, 0.2) is 22.7 Å². The number of nitrogens with one attached hydrogen (secondary N) is 1. The molecule has 0 saturated heterocycles. The molecule has 15 heteroatoms. The van der Waals surface area contributed by atoms with Crippen molar-refractivity contribution in [3.63, 3.8) is 0 Å². The highest BCUT2D eigenvalue weighted by Gasteiger charge is 2.16. The van der Waals surface area contributed by atoms with Crippen molar-refractivity contribution in [2.45, 2.75) is 20.1 Å². The summed E-state index contributed by atoms with van der Waals surface area (Å²) in [5.41, 5.74) is 7.21. The van der Waals surface area contributed by atoms with Crippen LogP contribution in [-0.2, 0) is 31.7 Å². The molecule has 40 heavy (non-hydrogen) atoms. The highest BCUT2D eigenvalue weighted by molar-refractivity contribution is 7.46. The third kappa shape index (κ3) is 7.96. The number of nitrogens with zero attached hydrogens (tertiary/aromatic N) is 3. The molecule has 1 unspecified atom stereocenters. The number of imidazole rings is 1. The van der Waals surface area contributed by atoms with Gasteiger partial charge in [0.1, 0.15) is 12.1 Å². The van der Waals surface area contributed by atoms with Crippen molar-refractivity contribution >= 4 is 31.6 Å². The van der Waals surface area contributed by atoms with Crippen molar-refractivity contribution < 1.29 is 37.2 Å². The predicted octanol–water partition coefficient (Wildman–Crippen LogP) is 3.85. The van der Waals surface area contributed by atoms with Gasteiger partial charge < -0.3 is 33.8 Å². The van der Waals surface area contributed by atoms with Gasteiger partial charge in [0.25, 0.3) is 5.56 Å². The van der Waals surface area contributed by atoms with Crippen LogP contribution < -0.4 is 20.8 Å². The summed E-state index contributed by atoms with van der Waals surface area (Å²) in [6.45, 7) is 1.93. The molecule has 212 valence electrons. The van der Waals surface area contributed by atoms with E-state index in [1.54, 1.807) is 34.9 Å². The van der Waals surface area contributed by atoms with E-state index in [0.29, 0.717) is 23.5 Å². The quantitative estimate of drug-likeness (QED) is 0.0783. The molecular weight excluding hydrogens is 548 g/mol. The van der Waals surface area contributed by atoms with E-state index in [0.717, 1.165) is 5.56 Å². The fourth-order valence-corrected chi connectivity index (χ4v) is 4.32. The third-order valence-electron chi connectivity index (χ3n) is 5.35. The number of carbonyl (C=O) groups excluding carboxylic acids is 1. The number of aryl methyl sites for hydroxylation is 1. The summed E-state index contributed by atoms with van der Waals surface area (Å²) in [7, 11) is -0.364. The largest absolute Gasteiger partial charge is 0.515 e. The second-order valence-electron chi connectivity index (χ2n) is 8.23. The van der Waals surface area contributed by atoms with Crippen LogP contribution in [0.15, 0.2) is 53.6 Å². The molecule has 1 atom stereocenters. The Morgan fingerprint density at radius 3 is 2.73 bits per heavy atom. The van der Waals surface area contributed by atoms with Crippen molar-refractivity contribution in [3.05, 3.63) is 76.1 Å². The third-order valence-corrected chi connectivity index (χ3v) is 6.56. The Hall–Kier alpha value is -4.10. The molecule has 4 aromatic rings. The number of ether oxygens (including phenoxy) is 4. The molecule has 2 aromatic heterocycles. The molecule has 0 fully saturated rings. The van der Waals surface area contributed by atoms with Crippen LogP contribution in [0.2, 0.25) is 0 Å². The fourth-order valence-electron chi connectivity index (χ4n) is 3.36. The first-order valence-corrected chi connectivity index (χ1v) is 13.2. The van der Waals surface area contributed by atoms with Gasteiger partial charge in [0.2, 0.25) is 21.1 Å².